The summed E-state index contributed by atoms with van der Waals surface area (Å²) in [4.78, 5) is 23.5. The number of rotatable bonds is 15. The van der Waals surface area contributed by atoms with Crippen molar-refractivity contribution in [2.24, 2.45) is 11.8 Å². The van der Waals surface area contributed by atoms with E-state index in [4.69, 9.17) is 9.72 Å². The number of aryl methyl sites for hydroxylation is 2. The van der Waals surface area contributed by atoms with Crippen LogP contribution in [0.2, 0.25) is 0 Å². The molecule has 2 unspecified atom stereocenters. The average molecular weight is 726 g/mol. The van der Waals surface area contributed by atoms with Gasteiger partial charge in [0.25, 0.3) is 0 Å². The van der Waals surface area contributed by atoms with Crippen LogP contribution in [0.3, 0.4) is 0 Å². The second kappa shape index (κ2) is 17.5. The number of carboxylic acid groups (broad SMARTS) is 1. The molecule has 6 rings (SSSR count). The van der Waals surface area contributed by atoms with E-state index in [2.05, 4.69) is 63.1 Å². The van der Waals surface area contributed by atoms with Crippen molar-refractivity contribution < 1.29 is 23.1 Å². The van der Waals surface area contributed by atoms with Crippen molar-refractivity contribution >= 4 is 22.1 Å². The van der Waals surface area contributed by atoms with Crippen molar-refractivity contribution in [3.63, 3.8) is 0 Å². The number of carboxylic acids is 1. The van der Waals surface area contributed by atoms with Crippen LogP contribution in [-0.4, -0.2) is 64.4 Å². The molecule has 1 aliphatic heterocycles. The standard InChI is InChI=1S/C41H51N5O5S/c1-30-14-12-15-31(2)39(30)37-25-38(43-41(42-37)44-52(49,50)46-23-13-22-35(28-46)40(47)48)51-29-36(24-32-16-6-3-7-17-32)45(26-33-18-8-4-9-19-33)27-34-20-10-5-11-21-34/h4-5,8-12,14-15,18-21,25,32,35-36H,3,6-7,13,16-17,22-24,26-29H2,1-2H3,(H,47,48)(H,42,43,44). The van der Waals surface area contributed by atoms with E-state index in [9.17, 15) is 18.3 Å². The third-order valence-corrected chi connectivity index (χ3v) is 11.9. The van der Waals surface area contributed by atoms with Crippen LogP contribution in [0.4, 0.5) is 5.95 Å². The molecular formula is C41H51N5O5S. The Morgan fingerprint density at radius 3 is 2.13 bits per heavy atom. The summed E-state index contributed by atoms with van der Waals surface area (Å²) in [6.07, 6.45) is 8.06. The SMILES string of the molecule is Cc1cccc(C)c1-c1cc(OCC(CC2CCCCC2)N(Cc2ccccc2)Cc2ccccc2)nc(NS(=O)(=O)N2CCCC(C(=O)O)C2)n1. The Hall–Kier alpha value is -4.32. The van der Waals surface area contributed by atoms with Gasteiger partial charge in [-0.05, 0) is 61.3 Å². The van der Waals surface area contributed by atoms with E-state index in [1.165, 1.54) is 47.5 Å². The van der Waals surface area contributed by atoms with Crippen molar-refractivity contribution in [3.05, 3.63) is 107 Å². The molecule has 0 radical (unpaired) electrons. The van der Waals surface area contributed by atoms with Gasteiger partial charge in [0.1, 0.15) is 6.61 Å². The number of benzene rings is 3. The average Bonchev–Trinajstić information content (AvgIpc) is 3.14. The topological polar surface area (TPSA) is 125 Å². The lowest BCUT2D eigenvalue weighted by atomic mass is 9.84. The lowest BCUT2D eigenvalue weighted by Crippen LogP contribution is -2.45. The first-order chi connectivity index (χ1) is 25.1. The molecule has 2 atom stereocenters. The third kappa shape index (κ3) is 9.96. The molecule has 2 heterocycles. The molecule has 2 fully saturated rings. The highest BCUT2D eigenvalue weighted by Gasteiger charge is 2.33. The van der Waals surface area contributed by atoms with Crippen LogP contribution in [0.25, 0.3) is 11.3 Å². The van der Waals surface area contributed by atoms with Crippen molar-refractivity contribution in [3.8, 4) is 17.1 Å². The molecule has 1 saturated carbocycles. The molecule has 2 aliphatic rings. The number of hydrogen-bond donors (Lipinski definition) is 2. The molecule has 1 aromatic heterocycles. The maximum absolute atomic E-state index is 13.6. The summed E-state index contributed by atoms with van der Waals surface area (Å²) < 4.78 is 37.7. The molecule has 0 bridgehead atoms. The number of aromatic nitrogens is 2. The number of carbonyl (C=O) groups is 1. The highest BCUT2D eigenvalue weighted by Crippen LogP contribution is 2.32. The minimum Gasteiger partial charge on any atom is -0.481 e. The normalized spacial score (nSPS) is 17.9. The highest BCUT2D eigenvalue weighted by molar-refractivity contribution is 7.90. The first-order valence-corrected chi connectivity index (χ1v) is 20.0. The zero-order valence-electron chi connectivity index (χ0n) is 30.3. The zero-order valence-corrected chi connectivity index (χ0v) is 31.1. The van der Waals surface area contributed by atoms with Gasteiger partial charge in [0.15, 0.2) is 0 Å². The van der Waals surface area contributed by atoms with E-state index in [0.29, 0.717) is 31.1 Å². The predicted molar refractivity (Wildman–Crippen MR) is 204 cm³/mol. The largest absolute Gasteiger partial charge is 0.481 e. The number of piperidine rings is 1. The summed E-state index contributed by atoms with van der Waals surface area (Å²) in [7, 11) is -4.14. The molecule has 52 heavy (non-hydrogen) atoms. The van der Waals surface area contributed by atoms with Crippen LogP contribution in [-0.2, 0) is 28.1 Å². The van der Waals surface area contributed by atoms with Gasteiger partial charge in [0.2, 0.25) is 11.8 Å². The van der Waals surface area contributed by atoms with Gasteiger partial charge < -0.3 is 9.84 Å². The number of anilines is 1. The van der Waals surface area contributed by atoms with Crippen LogP contribution in [0.5, 0.6) is 5.88 Å². The molecule has 11 heteroatoms. The number of aliphatic carboxylic acids is 1. The van der Waals surface area contributed by atoms with E-state index < -0.39 is 22.1 Å². The molecule has 10 nitrogen and oxygen atoms in total. The summed E-state index contributed by atoms with van der Waals surface area (Å²) in [6, 6.07) is 28.9. The Morgan fingerprint density at radius 2 is 1.52 bits per heavy atom. The summed E-state index contributed by atoms with van der Waals surface area (Å²) in [6.45, 7) is 5.99. The number of hydrogen-bond acceptors (Lipinski definition) is 7. The predicted octanol–water partition coefficient (Wildman–Crippen LogP) is 7.63. The number of nitrogens with zero attached hydrogens (tertiary/aromatic N) is 4. The van der Waals surface area contributed by atoms with Gasteiger partial charge in [0.05, 0.1) is 11.6 Å². The fourth-order valence-electron chi connectivity index (χ4n) is 7.69. The monoisotopic (exact) mass is 725 g/mol. The Balaban J connectivity index is 1.32. The maximum atomic E-state index is 13.6. The first-order valence-electron chi connectivity index (χ1n) is 18.6. The fraction of sp³-hybridized carbons (Fsp3) is 0.439. The Labute approximate surface area is 308 Å². The van der Waals surface area contributed by atoms with Crippen LogP contribution in [0.1, 0.15) is 73.6 Å². The fourth-order valence-corrected chi connectivity index (χ4v) is 8.89. The molecule has 0 amide bonds. The third-order valence-electron chi connectivity index (χ3n) is 10.5. The van der Waals surface area contributed by atoms with E-state index in [0.717, 1.165) is 36.2 Å². The molecular weight excluding hydrogens is 675 g/mol. The second-order valence-corrected chi connectivity index (χ2v) is 16.1. The van der Waals surface area contributed by atoms with Crippen LogP contribution in [0, 0.1) is 25.7 Å². The maximum Gasteiger partial charge on any atom is 0.307 e. The molecule has 0 spiro atoms. The van der Waals surface area contributed by atoms with Crippen LogP contribution >= 0.6 is 0 Å². The van der Waals surface area contributed by atoms with Gasteiger partial charge in [-0.1, -0.05) is 111 Å². The quantitative estimate of drug-likeness (QED) is 0.128. The van der Waals surface area contributed by atoms with E-state index in [-0.39, 0.29) is 31.0 Å². The highest BCUT2D eigenvalue weighted by atomic mass is 32.2. The molecule has 1 aliphatic carbocycles. The minimum absolute atomic E-state index is 0.0589. The molecule has 1 saturated heterocycles. The molecule has 2 N–H and O–H groups in total. The van der Waals surface area contributed by atoms with Crippen molar-refractivity contribution in [2.75, 3.05) is 24.4 Å². The van der Waals surface area contributed by atoms with Gasteiger partial charge in [-0.15, -0.1) is 0 Å². The van der Waals surface area contributed by atoms with E-state index >= 15 is 0 Å². The van der Waals surface area contributed by atoms with Crippen LogP contribution in [0.15, 0.2) is 84.9 Å². The summed E-state index contributed by atoms with van der Waals surface area (Å²) >= 11 is 0. The molecule has 3 aromatic carbocycles. The summed E-state index contributed by atoms with van der Waals surface area (Å²) in [5.41, 5.74) is 5.87. The molecule has 4 aromatic rings. The van der Waals surface area contributed by atoms with Gasteiger partial charge >= 0.3 is 16.2 Å². The summed E-state index contributed by atoms with van der Waals surface area (Å²) in [5.74, 6) is -1.00. The lowest BCUT2D eigenvalue weighted by Gasteiger charge is -2.35. The zero-order chi connectivity index (χ0) is 36.5. The smallest absolute Gasteiger partial charge is 0.307 e. The van der Waals surface area contributed by atoms with Gasteiger partial charge in [0, 0.05) is 43.9 Å². The van der Waals surface area contributed by atoms with E-state index in [1.807, 2.05) is 44.2 Å². The van der Waals surface area contributed by atoms with Crippen LogP contribution < -0.4 is 9.46 Å². The lowest BCUT2D eigenvalue weighted by molar-refractivity contribution is -0.142. The number of ether oxygens (including phenoxy) is 1. The Bertz CT molecular complexity index is 1820. The van der Waals surface area contributed by atoms with Gasteiger partial charge in [-0.3, -0.25) is 9.69 Å². The second-order valence-electron chi connectivity index (χ2n) is 14.4. The Morgan fingerprint density at radius 1 is 0.885 bits per heavy atom. The minimum atomic E-state index is -4.14. The number of nitrogens with one attached hydrogen (secondary N) is 1. The molecule has 276 valence electrons. The Kier molecular flexibility index (Phi) is 12.6. The van der Waals surface area contributed by atoms with Crippen molar-refractivity contribution in [1.82, 2.24) is 19.2 Å². The van der Waals surface area contributed by atoms with Crippen molar-refractivity contribution in [1.29, 1.82) is 0 Å². The summed E-state index contributed by atoms with van der Waals surface area (Å²) in [5, 5.41) is 9.59. The first kappa shape index (κ1) is 37.4. The van der Waals surface area contributed by atoms with Crippen molar-refractivity contribution in [2.45, 2.75) is 84.3 Å². The van der Waals surface area contributed by atoms with Gasteiger partial charge in [-0.25, -0.2) is 9.71 Å². The van der Waals surface area contributed by atoms with E-state index in [1.54, 1.807) is 6.07 Å². The van der Waals surface area contributed by atoms with Gasteiger partial charge in [-0.2, -0.15) is 17.7 Å².